The molecule has 0 amide bonds. The van der Waals surface area contributed by atoms with Crippen LogP contribution in [0.15, 0.2) is 90.8 Å². The van der Waals surface area contributed by atoms with E-state index in [1.165, 1.54) is 5.56 Å². The average Bonchev–Trinajstić information content (AvgIpc) is 3.27. The Labute approximate surface area is 174 Å². The van der Waals surface area contributed by atoms with E-state index < -0.39 is 0 Å². The number of para-hydroxylation sites is 1. The van der Waals surface area contributed by atoms with Crippen LogP contribution in [0, 0.1) is 6.92 Å². The first kappa shape index (κ1) is 17.0. The van der Waals surface area contributed by atoms with E-state index >= 15 is 0 Å². The lowest BCUT2D eigenvalue weighted by molar-refractivity contribution is 0.223. The number of rotatable bonds is 2. The first-order chi connectivity index (χ1) is 14.8. The number of benzene rings is 3. The van der Waals surface area contributed by atoms with Gasteiger partial charge in [-0.2, -0.15) is 10.1 Å². The van der Waals surface area contributed by atoms with Gasteiger partial charge in [0.2, 0.25) is 5.95 Å². The maximum absolute atomic E-state index is 6.60. The van der Waals surface area contributed by atoms with Gasteiger partial charge < -0.3 is 10.1 Å². The molecular weight excluding hydrogens is 372 g/mol. The molecule has 0 fully saturated rings. The normalized spacial score (nSPS) is 19.2. The average molecular weight is 392 g/mol. The Bertz CT molecular complexity index is 1260. The largest absolute Gasteiger partial charge is 0.480 e. The topological polar surface area (TPSA) is 52.0 Å². The van der Waals surface area contributed by atoms with Crippen molar-refractivity contribution in [1.82, 2.24) is 14.8 Å². The van der Waals surface area contributed by atoms with Crippen molar-refractivity contribution in [2.45, 2.75) is 19.1 Å². The van der Waals surface area contributed by atoms with E-state index in [4.69, 9.17) is 4.74 Å². The molecule has 0 saturated heterocycles. The van der Waals surface area contributed by atoms with Gasteiger partial charge in [0, 0.05) is 11.1 Å². The summed E-state index contributed by atoms with van der Waals surface area (Å²) in [5.74, 6) is 1.61. The molecule has 2 aliphatic heterocycles. The Kier molecular flexibility index (Phi) is 3.74. The highest BCUT2D eigenvalue weighted by Gasteiger charge is 2.40. The van der Waals surface area contributed by atoms with Gasteiger partial charge in [-0.1, -0.05) is 72.3 Å². The van der Waals surface area contributed by atoms with E-state index in [0.717, 1.165) is 39.7 Å². The highest BCUT2D eigenvalue weighted by atomic mass is 16.5. The molecule has 146 valence electrons. The molecule has 6 rings (SSSR count). The van der Waals surface area contributed by atoms with Crippen LogP contribution in [0.5, 0.6) is 5.75 Å². The summed E-state index contributed by atoms with van der Waals surface area (Å²) in [5, 5.41) is 8.10. The van der Waals surface area contributed by atoms with Crippen LogP contribution in [-0.2, 0) is 0 Å². The number of nitrogens with one attached hydrogen (secondary N) is 1. The molecule has 30 heavy (non-hydrogen) atoms. The van der Waals surface area contributed by atoms with Crippen molar-refractivity contribution < 1.29 is 4.74 Å². The minimum Gasteiger partial charge on any atom is -0.480 e. The van der Waals surface area contributed by atoms with Gasteiger partial charge in [0.1, 0.15) is 24.2 Å². The van der Waals surface area contributed by atoms with Crippen LogP contribution in [0.3, 0.4) is 0 Å². The minimum atomic E-state index is -0.229. The Morgan fingerprint density at radius 3 is 2.47 bits per heavy atom. The zero-order chi connectivity index (χ0) is 20.1. The Morgan fingerprint density at radius 1 is 0.867 bits per heavy atom. The molecule has 0 aliphatic carbocycles. The third kappa shape index (κ3) is 2.55. The third-order valence-electron chi connectivity index (χ3n) is 5.82. The standard InChI is InChI=1S/C25H20N4O/c1-16-11-13-17(14-12-16)23-21-22(28-25-26-15-27-29(23)25)19-9-5-6-10-20(19)30-24(21)18-7-3-2-4-8-18/h2-15,23-24H,1H3,(H,26,27,28)/t23-,24-/m0/s1. The van der Waals surface area contributed by atoms with Gasteiger partial charge in [-0.15, -0.1) is 0 Å². The van der Waals surface area contributed by atoms with Crippen LogP contribution >= 0.6 is 0 Å². The minimum absolute atomic E-state index is 0.113. The first-order valence-electron chi connectivity index (χ1n) is 10.1. The second kappa shape index (κ2) is 6.59. The molecule has 1 aromatic heterocycles. The third-order valence-corrected chi connectivity index (χ3v) is 5.82. The summed E-state index contributed by atoms with van der Waals surface area (Å²) < 4.78 is 8.55. The second-order valence-corrected chi connectivity index (χ2v) is 7.70. The lowest BCUT2D eigenvalue weighted by Gasteiger charge is -2.39. The van der Waals surface area contributed by atoms with Crippen LogP contribution < -0.4 is 10.1 Å². The van der Waals surface area contributed by atoms with Crippen LogP contribution in [0.4, 0.5) is 5.95 Å². The molecule has 0 saturated carbocycles. The lowest BCUT2D eigenvalue weighted by Crippen LogP contribution is -2.32. The molecule has 5 nitrogen and oxygen atoms in total. The SMILES string of the molecule is Cc1ccc([C@H]2C3=C(Nc4ncnn42)c2ccccc2O[C@H]3c2ccccc2)cc1. The zero-order valence-electron chi connectivity index (χ0n) is 16.5. The smallest absolute Gasteiger partial charge is 0.226 e. The number of fused-ring (bicyclic) bond motifs is 3. The van der Waals surface area contributed by atoms with Gasteiger partial charge in [-0.05, 0) is 30.2 Å². The van der Waals surface area contributed by atoms with Crippen LogP contribution in [-0.4, -0.2) is 14.8 Å². The van der Waals surface area contributed by atoms with Crippen LogP contribution in [0.25, 0.3) is 5.70 Å². The number of hydrogen-bond acceptors (Lipinski definition) is 4. The summed E-state index contributed by atoms with van der Waals surface area (Å²) in [5.41, 5.74) is 6.74. The molecule has 0 spiro atoms. The highest BCUT2D eigenvalue weighted by molar-refractivity contribution is 5.85. The molecule has 2 atom stereocenters. The summed E-state index contributed by atoms with van der Waals surface area (Å²) in [6.45, 7) is 2.10. The van der Waals surface area contributed by atoms with Crippen LogP contribution in [0.2, 0.25) is 0 Å². The van der Waals surface area contributed by atoms with Gasteiger partial charge in [0.05, 0.1) is 5.70 Å². The van der Waals surface area contributed by atoms with Gasteiger partial charge in [0.25, 0.3) is 0 Å². The maximum Gasteiger partial charge on any atom is 0.226 e. The molecule has 0 unspecified atom stereocenters. The predicted octanol–water partition coefficient (Wildman–Crippen LogP) is 5.15. The number of anilines is 1. The molecular formula is C25H20N4O. The van der Waals surface area contributed by atoms with Crippen molar-refractivity contribution in [1.29, 1.82) is 0 Å². The fourth-order valence-corrected chi connectivity index (χ4v) is 4.39. The highest BCUT2D eigenvalue weighted by Crippen LogP contribution is 2.50. The van der Waals surface area contributed by atoms with E-state index in [1.54, 1.807) is 6.33 Å². The van der Waals surface area contributed by atoms with Crippen molar-refractivity contribution in [2.75, 3.05) is 5.32 Å². The molecule has 3 aromatic carbocycles. The predicted molar refractivity (Wildman–Crippen MR) is 116 cm³/mol. The van der Waals surface area contributed by atoms with Crippen molar-refractivity contribution >= 4 is 11.6 Å². The molecule has 0 bridgehead atoms. The molecule has 5 heteroatoms. The molecule has 2 aliphatic rings. The van der Waals surface area contributed by atoms with E-state index in [0.29, 0.717) is 0 Å². The fourth-order valence-electron chi connectivity index (χ4n) is 4.39. The number of aromatic nitrogens is 3. The Hall–Kier alpha value is -3.86. The summed E-state index contributed by atoms with van der Waals surface area (Å²) in [6, 6.07) is 27.1. The lowest BCUT2D eigenvalue weighted by atomic mass is 9.84. The quantitative estimate of drug-likeness (QED) is 0.513. The number of hydrogen-bond donors (Lipinski definition) is 1. The Balaban J connectivity index is 1.63. The van der Waals surface area contributed by atoms with Crippen molar-refractivity contribution in [3.63, 3.8) is 0 Å². The van der Waals surface area contributed by atoms with Crippen LogP contribution in [0.1, 0.15) is 34.4 Å². The monoisotopic (exact) mass is 392 g/mol. The van der Waals surface area contributed by atoms with E-state index in [2.05, 4.69) is 76.9 Å². The second-order valence-electron chi connectivity index (χ2n) is 7.70. The van der Waals surface area contributed by atoms with Gasteiger partial charge in [0.15, 0.2) is 0 Å². The Morgan fingerprint density at radius 2 is 1.63 bits per heavy atom. The number of ether oxygens (including phenoxy) is 1. The summed E-state index contributed by atoms with van der Waals surface area (Å²) in [4.78, 5) is 4.48. The first-order valence-corrected chi connectivity index (χ1v) is 10.1. The summed E-state index contributed by atoms with van der Waals surface area (Å²) in [7, 11) is 0. The van der Waals surface area contributed by atoms with Gasteiger partial charge in [-0.3, -0.25) is 0 Å². The van der Waals surface area contributed by atoms with Gasteiger partial charge in [-0.25, -0.2) is 4.68 Å². The molecule has 0 radical (unpaired) electrons. The molecule has 1 N–H and O–H groups in total. The van der Waals surface area contributed by atoms with Gasteiger partial charge >= 0.3 is 0 Å². The number of nitrogens with zero attached hydrogens (tertiary/aromatic N) is 3. The zero-order valence-corrected chi connectivity index (χ0v) is 16.5. The van der Waals surface area contributed by atoms with E-state index in [-0.39, 0.29) is 12.1 Å². The maximum atomic E-state index is 6.60. The molecule has 4 aromatic rings. The summed E-state index contributed by atoms with van der Waals surface area (Å²) >= 11 is 0. The summed E-state index contributed by atoms with van der Waals surface area (Å²) in [6.07, 6.45) is 1.37. The van der Waals surface area contributed by atoms with Crippen molar-refractivity contribution in [2.24, 2.45) is 0 Å². The fraction of sp³-hybridized carbons (Fsp3) is 0.120. The van der Waals surface area contributed by atoms with E-state index in [9.17, 15) is 0 Å². The number of aryl methyl sites for hydroxylation is 1. The molecule has 3 heterocycles. The van der Waals surface area contributed by atoms with E-state index in [1.807, 2.05) is 28.9 Å². The van der Waals surface area contributed by atoms with Crippen molar-refractivity contribution in [3.05, 3.63) is 113 Å². The van der Waals surface area contributed by atoms with Crippen molar-refractivity contribution in [3.8, 4) is 5.75 Å².